The molecule has 7 nitrogen and oxygen atoms in total. The van der Waals surface area contributed by atoms with Crippen LogP contribution in [0.5, 0.6) is 0 Å². The zero-order valence-electron chi connectivity index (χ0n) is 43.7. The molecule has 0 radical (unpaired) electrons. The zero-order chi connectivity index (χ0) is 46.1. The maximum Gasteiger partial charge on any atom is 0.162 e. The fraction of sp³-hybridized carbons (Fsp3) is 0.929. The van der Waals surface area contributed by atoms with Gasteiger partial charge >= 0.3 is 0 Å². The van der Waals surface area contributed by atoms with Gasteiger partial charge in [-0.1, -0.05) is 222 Å². The molecule has 2 atom stereocenters. The first-order valence-electron chi connectivity index (χ1n) is 27.9. The Labute approximate surface area is 393 Å². The van der Waals surface area contributed by atoms with Gasteiger partial charge in [0.25, 0.3) is 0 Å². The molecule has 0 aromatic carbocycles. The smallest absolute Gasteiger partial charge is 0.162 e. The summed E-state index contributed by atoms with van der Waals surface area (Å²) < 4.78 is 45.7. The van der Waals surface area contributed by atoms with Gasteiger partial charge in [0, 0.05) is 12.8 Å². The lowest BCUT2D eigenvalue weighted by molar-refractivity contribution is -0.167. The van der Waals surface area contributed by atoms with Crippen molar-refractivity contribution in [3.05, 3.63) is 23.0 Å². The van der Waals surface area contributed by atoms with Crippen LogP contribution in [0.3, 0.4) is 0 Å². The van der Waals surface area contributed by atoms with Crippen molar-refractivity contribution < 1.29 is 33.2 Å². The van der Waals surface area contributed by atoms with Crippen LogP contribution in [0.25, 0.3) is 0 Å². The second-order valence-corrected chi connectivity index (χ2v) is 18.3. The highest BCUT2D eigenvalue weighted by Gasteiger charge is 2.25. The molecule has 0 fully saturated rings. The Kier molecular flexibility index (Phi) is 48.8. The minimum atomic E-state index is -0.216. The van der Waals surface area contributed by atoms with E-state index in [-0.39, 0.29) is 25.8 Å². The van der Waals surface area contributed by atoms with Gasteiger partial charge in [-0.15, -0.1) is 0 Å². The van der Waals surface area contributed by atoms with Gasteiger partial charge < -0.3 is 33.2 Å². The van der Waals surface area contributed by atoms with Crippen LogP contribution in [0.4, 0.5) is 0 Å². The van der Waals surface area contributed by atoms with E-state index >= 15 is 0 Å². The topological polar surface area (TPSA) is 64.6 Å². The fourth-order valence-corrected chi connectivity index (χ4v) is 8.05. The first kappa shape index (κ1) is 61.6. The number of rotatable bonds is 52. The lowest BCUT2D eigenvalue weighted by atomic mass is 10.0. The molecule has 0 rings (SSSR count). The highest BCUT2D eigenvalue weighted by Crippen LogP contribution is 2.28. The van der Waals surface area contributed by atoms with Crippen LogP contribution >= 0.6 is 0 Å². The summed E-state index contributed by atoms with van der Waals surface area (Å²) in [4.78, 5) is 0. The van der Waals surface area contributed by atoms with E-state index in [2.05, 4.69) is 55.4 Å². The molecule has 0 bridgehead atoms. The van der Waals surface area contributed by atoms with Crippen molar-refractivity contribution in [1.29, 1.82) is 0 Å². The summed E-state index contributed by atoms with van der Waals surface area (Å²) in [5.41, 5.74) is 0. The SMILES string of the molecule is CCCCCCCCCCCCC(OCCC)=C(OCCC)C(CCCCCC)OCOCOC(CCCCCC)C(OCCC)=C(CCCCCCCCCCCC)OCCC. The van der Waals surface area contributed by atoms with Crippen molar-refractivity contribution in [2.45, 2.75) is 299 Å². The summed E-state index contributed by atoms with van der Waals surface area (Å²) in [6.07, 6.45) is 42.6. The van der Waals surface area contributed by atoms with E-state index in [1.165, 1.54) is 154 Å². The second kappa shape index (κ2) is 50.0. The molecule has 7 heteroatoms. The molecule has 376 valence electrons. The molecule has 0 saturated heterocycles. The number of hydrogen-bond acceptors (Lipinski definition) is 7. The van der Waals surface area contributed by atoms with Crippen molar-refractivity contribution in [3.63, 3.8) is 0 Å². The second-order valence-electron chi connectivity index (χ2n) is 18.3. The van der Waals surface area contributed by atoms with Gasteiger partial charge in [-0.2, -0.15) is 0 Å². The maximum absolute atomic E-state index is 6.65. The summed E-state index contributed by atoms with van der Waals surface area (Å²) in [6, 6.07) is 0. The van der Waals surface area contributed by atoms with E-state index in [0.717, 1.165) is 100 Å². The highest BCUT2D eigenvalue weighted by atomic mass is 16.7. The maximum atomic E-state index is 6.65. The lowest BCUT2D eigenvalue weighted by Gasteiger charge is -2.26. The summed E-state index contributed by atoms with van der Waals surface area (Å²) in [7, 11) is 0. The van der Waals surface area contributed by atoms with E-state index in [1.807, 2.05) is 0 Å². The van der Waals surface area contributed by atoms with Crippen molar-refractivity contribution in [2.75, 3.05) is 40.0 Å². The summed E-state index contributed by atoms with van der Waals surface area (Å²) in [6.45, 7) is 20.8. The Morgan fingerprint density at radius 1 is 0.286 bits per heavy atom. The normalized spacial score (nSPS) is 13.5. The van der Waals surface area contributed by atoms with E-state index in [0.29, 0.717) is 26.4 Å². The molecule has 63 heavy (non-hydrogen) atoms. The number of hydrogen-bond donors (Lipinski definition) is 0. The molecule has 0 amide bonds. The van der Waals surface area contributed by atoms with Gasteiger partial charge in [0.15, 0.2) is 25.1 Å². The quantitative estimate of drug-likeness (QED) is 0.0342. The molecule has 0 heterocycles. The fourth-order valence-electron chi connectivity index (χ4n) is 8.05. The van der Waals surface area contributed by atoms with Crippen LogP contribution in [0, 0.1) is 0 Å². The van der Waals surface area contributed by atoms with Gasteiger partial charge in [0.1, 0.15) is 23.7 Å². The number of unbranched alkanes of at least 4 members (excludes halogenated alkanes) is 24. The average Bonchev–Trinajstić information content (AvgIpc) is 3.29. The molecule has 0 saturated carbocycles. The van der Waals surface area contributed by atoms with E-state index < -0.39 is 0 Å². The van der Waals surface area contributed by atoms with Gasteiger partial charge in [0.05, 0.1) is 26.4 Å². The number of allylic oxidation sites excluding steroid dienone is 2. The Hall–Kier alpha value is -1.44. The van der Waals surface area contributed by atoms with Gasteiger partial charge in [0.2, 0.25) is 0 Å². The highest BCUT2D eigenvalue weighted by molar-refractivity contribution is 5.09. The third-order valence-corrected chi connectivity index (χ3v) is 11.9. The Morgan fingerprint density at radius 2 is 0.556 bits per heavy atom. The van der Waals surface area contributed by atoms with Crippen LogP contribution in [0.1, 0.15) is 287 Å². The molecule has 0 spiro atoms. The largest absolute Gasteiger partial charge is 0.494 e. The van der Waals surface area contributed by atoms with Crippen molar-refractivity contribution >= 4 is 0 Å². The zero-order valence-corrected chi connectivity index (χ0v) is 43.7. The molecular weight excluding hydrogens is 785 g/mol. The molecule has 0 aromatic rings. The van der Waals surface area contributed by atoms with Crippen LogP contribution in [-0.2, 0) is 33.2 Å². The van der Waals surface area contributed by atoms with Crippen LogP contribution in [0.15, 0.2) is 23.0 Å². The van der Waals surface area contributed by atoms with Gasteiger partial charge in [-0.05, 0) is 51.4 Å². The molecule has 0 aliphatic heterocycles. The molecular formula is C56H110O7. The Balaban J connectivity index is 5.99. The predicted molar refractivity (Wildman–Crippen MR) is 270 cm³/mol. The first-order valence-corrected chi connectivity index (χ1v) is 27.9. The van der Waals surface area contributed by atoms with Crippen LogP contribution < -0.4 is 0 Å². The molecule has 0 aromatic heterocycles. The third kappa shape index (κ3) is 37.4. The van der Waals surface area contributed by atoms with Crippen molar-refractivity contribution in [1.82, 2.24) is 0 Å². The summed E-state index contributed by atoms with van der Waals surface area (Å²) >= 11 is 0. The monoisotopic (exact) mass is 895 g/mol. The molecule has 0 aliphatic rings. The molecule has 0 N–H and O–H groups in total. The van der Waals surface area contributed by atoms with Crippen LogP contribution in [-0.4, -0.2) is 52.2 Å². The Bertz CT molecular complexity index is 905. The molecule has 2 unspecified atom stereocenters. The standard InChI is InChI=1S/C56H110O7/c1-9-17-21-25-27-29-31-33-35-39-41-51(58-45-13-5)55(60-47-15-7)53(43-37-23-19-11-3)62-49-57-50-63-54(44-38-24-20-12-4)56(61-48-16-8)52(59-46-14-6)42-40-36-34-32-30-28-26-22-18-10-2/h53-54H,9-50H2,1-8H3. The molecule has 0 aliphatic carbocycles. The lowest BCUT2D eigenvalue weighted by Crippen LogP contribution is -2.25. The Morgan fingerprint density at radius 3 is 0.857 bits per heavy atom. The van der Waals surface area contributed by atoms with E-state index in [1.54, 1.807) is 0 Å². The first-order chi connectivity index (χ1) is 31.1. The predicted octanol–water partition coefficient (Wildman–Crippen LogP) is 18.4. The van der Waals surface area contributed by atoms with Gasteiger partial charge in [-0.3, -0.25) is 0 Å². The summed E-state index contributed by atoms with van der Waals surface area (Å²) in [5, 5.41) is 0. The van der Waals surface area contributed by atoms with Crippen molar-refractivity contribution in [2.24, 2.45) is 0 Å². The summed E-state index contributed by atoms with van der Waals surface area (Å²) in [5.74, 6) is 3.75. The van der Waals surface area contributed by atoms with Crippen LogP contribution in [0.2, 0.25) is 0 Å². The van der Waals surface area contributed by atoms with E-state index in [9.17, 15) is 0 Å². The third-order valence-electron chi connectivity index (χ3n) is 11.9. The van der Waals surface area contributed by atoms with E-state index in [4.69, 9.17) is 33.2 Å². The number of ether oxygens (including phenoxy) is 7. The minimum absolute atomic E-state index is 0.131. The average molecular weight is 895 g/mol. The van der Waals surface area contributed by atoms with Crippen molar-refractivity contribution in [3.8, 4) is 0 Å². The van der Waals surface area contributed by atoms with Gasteiger partial charge in [-0.25, -0.2) is 0 Å². The minimum Gasteiger partial charge on any atom is -0.494 e.